The molecule has 4 aromatic rings. The number of rotatable bonds is 5. The Bertz CT molecular complexity index is 1280. The van der Waals surface area contributed by atoms with E-state index in [1.165, 1.54) is 26.5 Å². The van der Waals surface area contributed by atoms with E-state index in [1.807, 2.05) is 18.2 Å². The van der Waals surface area contributed by atoms with Crippen LogP contribution in [0.5, 0.6) is 0 Å². The van der Waals surface area contributed by atoms with E-state index in [2.05, 4.69) is 10.1 Å². The molecule has 4 rings (SSSR count). The molecule has 0 aliphatic rings. The van der Waals surface area contributed by atoms with Gasteiger partial charge in [0.25, 0.3) is 5.56 Å². The van der Waals surface area contributed by atoms with Crippen molar-refractivity contribution in [3.8, 4) is 0 Å². The highest BCUT2D eigenvalue weighted by Crippen LogP contribution is 2.24. The number of esters is 1. The van der Waals surface area contributed by atoms with Gasteiger partial charge in [-0.25, -0.2) is 14.5 Å². The van der Waals surface area contributed by atoms with Gasteiger partial charge in [0, 0.05) is 22.7 Å². The van der Waals surface area contributed by atoms with Gasteiger partial charge >= 0.3 is 5.97 Å². The van der Waals surface area contributed by atoms with Crippen molar-refractivity contribution in [3.05, 3.63) is 85.0 Å². The normalized spacial score (nSPS) is 11.1. The van der Waals surface area contributed by atoms with Crippen molar-refractivity contribution < 1.29 is 9.53 Å². The zero-order valence-corrected chi connectivity index (χ0v) is 17.5. The number of halogens is 2. The third kappa shape index (κ3) is 3.91. The molecule has 0 bridgehead atoms. The van der Waals surface area contributed by atoms with Gasteiger partial charge < -0.3 is 4.74 Å². The topological polar surface area (TPSA) is 78.5 Å². The average molecular weight is 449 g/mol. The van der Waals surface area contributed by atoms with Gasteiger partial charge in [-0.1, -0.05) is 41.4 Å². The molecule has 148 valence electrons. The van der Waals surface area contributed by atoms with E-state index in [0.29, 0.717) is 27.9 Å². The average Bonchev–Trinajstić information content (AvgIpc) is 3.26. The van der Waals surface area contributed by atoms with Crippen LogP contribution in [0, 0.1) is 6.92 Å². The van der Waals surface area contributed by atoms with Crippen LogP contribution in [-0.4, -0.2) is 25.1 Å². The first-order valence-corrected chi connectivity index (χ1v) is 10.2. The molecule has 0 N–H and O–H groups in total. The Morgan fingerprint density at radius 1 is 1.28 bits per heavy atom. The van der Waals surface area contributed by atoms with Gasteiger partial charge in [0.1, 0.15) is 17.3 Å². The number of hydrogen-bond donors (Lipinski definition) is 0. The van der Waals surface area contributed by atoms with E-state index in [-0.39, 0.29) is 22.9 Å². The summed E-state index contributed by atoms with van der Waals surface area (Å²) in [6.07, 6.45) is 1.64. The van der Waals surface area contributed by atoms with E-state index < -0.39 is 5.97 Å². The lowest BCUT2D eigenvalue weighted by Gasteiger charge is -2.06. The first-order valence-electron chi connectivity index (χ1n) is 8.53. The predicted octanol–water partition coefficient (Wildman–Crippen LogP) is 3.97. The van der Waals surface area contributed by atoms with Crippen molar-refractivity contribution in [3.63, 3.8) is 0 Å². The molecule has 0 aliphatic heterocycles. The van der Waals surface area contributed by atoms with Crippen LogP contribution in [-0.2, 0) is 17.9 Å². The first kappa shape index (κ1) is 19.6. The number of nitrogens with zero attached hydrogens (tertiary/aromatic N) is 4. The number of benzene rings is 1. The van der Waals surface area contributed by atoms with Crippen LogP contribution in [0.25, 0.3) is 4.96 Å². The summed E-state index contributed by atoms with van der Waals surface area (Å²) in [6.45, 7) is 1.85. The summed E-state index contributed by atoms with van der Waals surface area (Å²) in [7, 11) is 0. The van der Waals surface area contributed by atoms with Gasteiger partial charge in [0.15, 0.2) is 4.96 Å². The Morgan fingerprint density at radius 3 is 2.86 bits per heavy atom. The molecule has 29 heavy (non-hydrogen) atoms. The predicted molar refractivity (Wildman–Crippen MR) is 111 cm³/mol. The number of aromatic nitrogens is 4. The molecule has 3 aromatic heterocycles. The van der Waals surface area contributed by atoms with Crippen LogP contribution >= 0.6 is 34.5 Å². The van der Waals surface area contributed by atoms with Gasteiger partial charge in [-0.2, -0.15) is 5.10 Å². The zero-order chi connectivity index (χ0) is 20.5. The Labute approximate surface area is 179 Å². The second kappa shape index (κ2) is 7.98. The third-order valence-electron chi connectivity index (χ3n) is 4.25. The van der Waals surface area contributed by atoms with Crippen molar-refractivity contribution in [2.45, 2.75) is 20.1 Å². The molecule has 3 heterocycles. The van der Waals surface area contributed by atoms with Gasteiger partial charge in [0.05, 0.1) is 17.9 Å². The smallest absolute Gasteiger partial charge is 0.343 e. The summed E-state index contributed by atoms with van der Waals surface area (Å²) in [4.78, 5) is 29.5. The van der Waals surface area contributed by atoms with Crippen LogP contribution in [0.4, 0.5) is 0 Å². The van der Waals surface area contributed by atoms with E-state index in [9.17, 15) is 9.59 Å². The fourth-order valence-corrected chi connectivity index (χ4v) is 4.10. The summed E-state index contributed by atoms with van der Waals surface area (Å²) in [5, 5.41) is 6.84. The van der Waals surface area contributed by atoms with Gasteiger partial charge in [0.2, 0.25) is 0 Å². The lowest BCUT2D eigenvalue weighted by molar-refractivity contribution is 0.0467. The van der Waals surface area contributed by atoms with Crippen LogP contribution in [0.3, 0.4) is 0 Å². The minimum atomic E-state index is -0.633. The molecule has 0 saturated heterocycles. The van der Waals surface area contributed by atoms with Crippen LogP contribution in [0.15, 0.2) is 46.7 Å². The molecule has 1 aromatic carbocycles. The fourth-order valence-electron chi connectivity index (χ4n) is 2.85. The van der Waals surface area contributed by atoms with Crippen LogP contribution < -0.4 is 5.56 Å². The van der Waals surface area contributed by atoms with Crippen molar-refractivity contribution in [1.29, 1.82) is 0 Å². The van der Waals surface area contributed by atoms with Gasteiger partial charge in [-0.15, -0.1) is 11.3 Å². The monoisotopic (exact) mass is 448 g/mol. The summed E-state index contributed by atoms with van der Waals surface area (Å²) in [5.41, 5.74) is 1.57. The lowest BCUT2D eigenvalue weighted by Crippen LogP contribution is -2.15. The second-order valence-corrected chi connectivity index (χ2v) is 7.86. The SMILES string of the molecule is Cc1nn(Cc2ccccc2Cl)c(Cl)c1C(=O)OCc1cc(=O)n2ccsc2n1. The van der Waals surface area contributed by atoms with Crippen molar-refractivity contribution in [2.24, 2.45) is 0 Å². The van der Waals surface area contributed by atoms with E-state index >= 15 is 0 Å². The number of thiazole rings is 1. The Hall–Kier alpha value is -2.68. The number of hydrogen-bond acceptors (Lipinski definition) is 6. The summed E-state index contributed by atoms with van der Waals surface area (Å²) in [5.74, 6) is -0.633. The maximum atomic E-state index is 12.6. The standard InChI is InChI=1S/C19H14Cl2N4O3S/c1-11-16(17(21)25(23-11)9-12-4-2-3-5-14(12)20)18(27)28-10-13-8-15(26)24-6-7-29-19(24)22-13/h2-8H,9-10H2,1H3. The van der Waals surface area contributed by atoms with Crippen LogP contribution in [0.1, 0.15) is 27.3 Å². The van der Waals surface area contributed by atoms with Crippen molar-refractivity contribution >= 4 is 45.5 Å². The summed E-state index contributed by atoms with van der Waals surface area (Å²) < 4.78 is 8.26. The van der Waals surface area contributed by atoms with Gasteiger partial charge in [-0.05, 0) is 18.6 Å². The largest absolute Gasteiger partial charge is 0.455 e. The molecular formula is C19H14Cl2N4O3S. The molecular weight excluding hydrogens is 435 g/mol. The number of ether oxygens (including phenoxy) is 1. The van der Waals surface area contributed by atoms with E-state index in [1.54, 1.807) is 24.6 Å². The molecule has 0 aliphatic carbocycles. The highest BCUT2D eigenvalue weighted by molar-refractivity contribution is 7.15. The Kier molecular flexibility index (Phi) is 5.40. The summed E-state index contributed by atoms with van der Waals surface area (Å²) in [6, 6.07) is 8.66. The molecule has 7 nitrogen and oxygen atoms in total. The first-order chi connectivity index (χ1) is 13.9. The van der Waals surface area contributed by atoms with Crippen molar-refractivity contribution in [1.82, 2.24) is 19.2 Å². The van der Waals surface area contributed by atoms with Crippen molar-refractivity contribution in [2.75, 3.05) is 0 Å². The second-order valence-electron chi connectivity index (χ2n) is 6.22. The molecule has 0 spiro atoms. The Morgan fingerprint density at radius 2 is 2.07 bits per heavy atom. The minimum absolute atomic E-state index is 0.145. The highest BCUT2D eigenvalue weighted by Gasteiger charge is 2.22. The quantitative estimate of drug-likeness (QED) is 0.431. The fraction of sp³-hybridized carbons (Fsp3) is 0.158. The summed E-state index contributed by atoms with van der Waals surface area (Å²) >= 11 is 13.9. The maximum Gasteiger partial charge on any atom is 0.343 e. The number of carbonyl (C=O) groups is 1. The molecule has 0 unspecified atom stereocenters. The molecule has 0 atom stereocenters. The zero-order valence-electron chi connectivity index (χ0n) is 15.1. The number of fused-ring (bicyclic) bond motifs is 1. The van der Waals surface area contributed by atoms with Gasteiger partial charge in [-0.3, -0.25) is 9.20 Å². The minimum Gasteiger partial charge on any atom is -0.455 e. The molecule has 0 radical (unpaired) electrons. The highest BCUT2D eigenvalue weighted by atomic mass is 35.5. The molecule has 10 heteroatoms. The Balaban J connectivity index is 1.53. The lowest BCUT2D eigenvalue weighted by atomic mass is 10.2. The molecule has 0 saturated carbocycles. The third-order valence-corrected chi connectivity index (χ3v) is 5.76. The van der Waals surface area contributed by atoms with Crippen LogP contribution in [0.2, 0.25) is 10.2 Å². The number of aryl methyl sites for hydroxylation is 1. The van der Waals surface area contributed by atoms with E-state index in [0.717, 1.165) is 5.56 Å². The molecule has 0 fully saturated rings. The number of carbonyl (C=O) groups excluding carboxylic acids is 1. The maximum absolute atomic E-state index is 12.6. The van der Waals surface area contributed by atoms with E-state index in [4.69, 9.17) is 27.9 Å². The molecule has 0 amide bonds.